The van der Waals surface area contributed by atoms with Crippen molar-refractivity contribution in [2.24, 2.45) is 0 Å². The number of hydrogen-bond acceptors (Lipinski definition) is 0. The molecule has 0 aromatic heterocycles. The van der Waals surface area contributed by atoms with Crippen LogP contribution in [0.15, 0.2) is 72.8 Å². The van der Waals surface area contributed by atoms with E-state index in [1.807, 2.05) is 18.2 Å². The largest absolute Gasteiger partial charge is 0.419 e. The molecule has 0 bridgehead atoms. The van der Waals surface area contributed by atoms with Crippen LogP contribution < -0.4 is 0 Å². The van der Waals surface area contributed by atoms with Crippen molar-refractivity contribution in [2.45, 2.75) is 64.5 Å². The minimum Gasteiger partial charge on any atom is -0.206 e. The zero-order valence-electron chi connectivity index (χ0n) is 21.0. The summed E-state index contributed by atoms with van der Waals surface area (Å²) in [5, 5.41) is 1.32. The third kappa shape index (κ3) is 6.97. The highest BCUT2D eigenvalue weighted by Crippen LogP contribution is 2.32. The second kappa shape index (κ2) is 11.9. The smallest absolute Gasteiger partial charge is 0.206 e. The van der Waals surface area contributed by atoms with Gasteiger partial charge in [0.2, 0.25) is 0 Å². The molecular weight excluding hydrogens is 479 g/mol. The topological polar surface area (TPSA) is 0 Å². The molecular formula is C32H31F5. The Kier molecular flexibility index (Phi) is 8.63. The van der Waals surface area contributed by atoms with Gasteiger partial charge < -0.3 is 0 Å². The van der Waals surface area contributed by atoms with Gasteiger partial charge in [0.05, 0.1) is 5.56 Å². The van der Waals surface area contributed by atoms with Crippen molar-refractivity contribution in [3.8, 4) is 0 Å². The van der Waals surface area contributed by atoms with E-state index in [1.165, 1.54) is 36.5 Å². The lowest BCUT2D eigenvalue weighted by molar-refractivity contribution is -0.140. The van der Waals surface area contributed by atoms with E-state index in [-0.39, 0.29) is 18.7 Å². The van der Waals surface area contributed by atoms with Crippen LogP contribution in [-0.2, 0) is 38.3 Å². The molecule has 37 heavy (non-hydrogen) atoms. The van der Waals surface area contributed by atoms with Crippen molar-refractivity contribution in [3.05, 3.63) is 118 Å². The number of hydrogen-bond donors (Lipinski definition) is 0. The Morgan fingerprint density at radius 1 is 0.595 bits per heavy atom. The van der Waals surface area contributed by atoms with E-state index < -0.39 is 17.6 Å². The summed E-state index contributed by atoms with van der Waals surface area (Å²) < 4.78 is 67.3. The summed E-state index contributed by atoms with van der Waals surface area (Å²) in [5.41, 5.74) is 3.35. The Hall–Kier alpha value is -3.21. The average Bonchev–Trinajstić information content (AvgIpc) is 2.87. The molecule has 4 aromatic carbocycles. The molecule has 0 atom stereocenters. The van der Waals surface area contributed by atoms with Crippen LogP contribution in [0.5, 0.6) is 0 Å². The Labute approximate surface area is 215 Å². The van der Waals surface area contributed by atoms with Crippen molar-refractivity contribution < 1.29 is 22.0 Å². The summed E-state index contributed by atoms with van der Waals surface area (Å²) in [6.45, 7) is 2.21. The fraction of sp³-hybridized carbons (Fsp3) is 0.312. The fourth-order valence-corrected chi connectivity index (χ4v) is 4.70. The number of benzene rings is 4. The summed E-state index contributed by atoms with van der Waals surface area (Å²) in [5.74, 6) is -1.64. The highest BCUT2D eigenvalue weighted by atomic mass is 19.4. The molecule has 0 N–H and O–H groups in total. The second-order valence-corrected chi connectivity index (χ2v) is 9.68. The van der Waals surface area contributed by atoms with Crippen LogP contribution in [0.25, 0.3) is 10.8 Å². The average molecular weight is 511 g/mol. The maximum atomic E-state index is 15.2. The van der Waals surface area contributed by atoms with Crippen LogP contribution in [0, 0.1) is 11.6 Å². The molecule has 194 valence electrons. The lowest BCUT2D eigenvalue weighted by Crippen LogP contribution is -2.08. The van der Waals surface area contributed by atoms with Crippen molar-refractivity contribution in [2.75, 3.05) is 0 Å². The van der Waals surface area contributed by atoms with Crippen LogP contribution in [0.4, 0.5) is 22.0 Å². The van der Waals surface area contributed by atoms with E-state index in [1.54, 1.807) is 12.1 Å². The first-order valence-corrected chi connectivity index (χ1v) is 12.9. The van der Waals surface area contributed by atoms with Crippen LogP contribution in [0.3, 0.4) is 0 Å². The molecule has 0 amide bonds. The first kappa shape index (κ1) is 26.8. The Morgan fingerprint density at radius 3 is 1.86 bits per heavy atom. The van der Waals surface area contributed by atoms with Gasteiger partial charge in [0.15, 0.2) is 0 Å². The molecule has 0 nitrogen and oxygen atoms in total. The fourth-order valence-electron chi connectivity index (χ4n) is 4.70. The minimum absolute atomic E-state index is 0.243. The summed E-state index contributed by atoms with van der Waals surface area (Å²) >= 11 is 0. The molecule has 0 spiro atoms. The van der Waals surface area contributed by atoms with Crippen LogP contribution in [0.2, 0.25) is 0 Å². The number of fused-ring (bicyclic) bond motifs is 1. The summed E-state index contributed by atoms with van der Waals surface area (Å²) in [6.07, 6.45) is 2.36. The number of alkyl halides is 3. The predicted octanol–water partition coefficient (Wildman–Crippen LogP) is 9.44. The normalized spacial score (nSPS) is 11.8. The summed E-state index contributed by atoms with van der Waals surface area (Å²) in [7, 11) is 0. The van der Waals surface area contributed by atoms with Crippen molar-refractivity contribution in [3.63, 3.8) is 0 Å². The standard InChI is InChI=1S/C32H31F5/c1-2-3-4-5-22-6-8-23(9-7-22)10-11-24-13-18-28-27(20-24)17-16-26(31(28)34)15-12-25-14-19-29(30(33)21-25)32(35,36)37/h6-9,13-14,16-21H,2-5,10-12,15H2,1H3. The number of aryl methyl sites for hydroxylation is 5. The van der Waals surface area contributed by atoms with Gasteiger partial charge in [-0.2, -0.15) is 13.2 Å². The zero-order valence-corrected chi connectivity index (χ0v) is 21.0. The van der Waals surface area contributed by atoms with E-state index in [4.69, 9.17) is 0 Å². The first-order chi connectivity index (χ1) is 17.7. The predicted molar refractivity (Wildman–Crippen MR) is 140 cm³/mol. The molecule has 4 rings (SSSR count). The van der Waals surface area contributed by atoms with Crippen molar-refractivity contribution in [1.82, 2.24) is 0 Å². The van der Waals surface area contributed by atoms with Crippen molar-refractivity contribution in [1.29, 1.82) is 0 Å². The highest BCUT2D eigenvalue weighted by molar-refractivity contribution is 5.84. The van der Waals surface area contributed by atoms with Gasteiger partial charge >= 0.3 is 6.18 Å². The maximum absolute atomic E-state index is 15.2. The molecule has 0 aliphatic heterocycles. The van der Waals surface area contributed by atoms with E-state index in [0.29, 0.717) is 16.5 Å². The van der Waals surface area contributed by atoms with E-state index in [9.17, 15) is 17.6 Å². The Morgan fingerprint density at radius 2 is 1.19 bits per heavy atom. The third-order valence-electron chi connectivity index (χ3n) is 6.91. The molecule has 0 saturated carbocycles. The van der Waals surface area contributed by atoms with Crippen LogP contribution in [0.1, 0.15) is 59.6 Å². The van der Waals surface area contributed by atoms with Gasteiger partial charge in [0, 0.05) is 5.39 Å². The third-order valence-corrected chi connectivity index (χ3v) is 6.91. The quantitative estimate of drug-likeness (QED) is 0.147. The Balaban J connectivity index is 1.38. The van der Waals surface area contributed by atoms with Gasteiger partial charge in [-0.05, 0) is 83.9 Å². The van der Waals surface area contributed by atoms with Gasteiger partial charge in [0.25, 0.3) is 0 Å². The molecule has 4 aromatic rings. The second-order valence-electron chi connectivity index (χ2n) is 9.68. The molecule has 0 heterocycles. The summed E-state index contributed by atoms with van der Waals surface area (Å²) in [6, 6.07) is 21.0. The van der Waals surface area contributed by atoms with E-state index in [0.717, 1.165) is 42.3 Å². The zero-order chi connectivity index (χ0) is 26.4. The molecule has 5 heteroatoms. The maximum Gasteiger partial charge on any atom is 0.419 e. The SMILES string of the molecule is CCCCCc1ccc(CCc2ccc3c(F)c(CCc4ccc(C(F)(F)F)c(F)c4)ccc3c2)cc1. The molecule has 0 saturated heterocycles. The van der Waals surface area contributed by atoms with Gasteiger partial charge in [0.1, 0.15) is 11.6 Å². The number of halogens is 5. The van der Waals surface area contributed by atoms with Crippen LogP contribution in [-0.4, -0.2) is 0 Å². The van der Waals surface area contributed by atoms with E-state index in [2.05, 4.69) is 31.2 Å². The number of rotatable bonds is 10. The van der Waals surface area contributed by atoms with Crippen LogP contribution >= 0.6 is 0 Å². The first-order valence-electron chi connectivity index (χ1n) is 12.9. The monoisotopic (exact) mass is 510 g/mol. The molecule has 0 unspecified atom stereocenters. The Bertz CT molecular complexity index is 1340. The number of unbranched alkanes of at least 4 members (excludes halogenated alkanes) is 2. The van der Waals surface area contributed by atoms with Crippen molar-refractivity contribution >= 4 is 10.8 Å². The van der Waals surface area contributed by atoms with Gasteiger partial charge in [-0.15, -0.1) is 0 Å². The lowest BCUT2D eigenvalue weighted by Gasteiger charge is -2.11. The highest BCUT2D eigenvalue weighted by Gasteiger charge is 2.33. The van der Waals surface area contributed by atoms with Gasteiger partial charge in [-0.25, -0.2) is 8.78 Å². The minimum atomic E-state index is -4.73. The van der Waals surface area contributed by atoms with Gasteiger partial charge in [-0.3, -0.25) is 0 Å². The summed E-state index contributed by atoms with van der Waals surface area (Å²) in [4.78, 5) is 0. The van der Waals surface area contributed by atoms with E-state index >= 15 is 4.39 Å². The molecule has 0 fully saturated rings. The molecule has 0 aliphatic rings. The molecule has 0 aliphatic carbocycles. The lowest BCUT2D eigenvalue weighted by atomic mass is 9.96. The van der Waals surface area contributed by atoms with Gasteiger partial charge in [-0.1, -0.05) is 80.4 Å². The molecule has 0 radical (unpaired) electrons.